The molecule has 0 radical (unpaired) electrons. The van der Waals surface area contributed by atoms with Crippen molar-refractivity contribution in [2.75, 3.05) is 0 Å². The van der Waals surface area contributed by atoms with Gasteiger partial charge >= 0.3 is 0 Å². The Kier molecular flexibility index (Phi) is 3.28. The Balaban J connectivity index is 1.94. The van der Waals surface area contributed by atoms with Gasteiger partial charge in [0.25, 0.3) is 0 Å². The lowest BCUT2D eigenvalue weighted by Gasteiger charge is -2.00. The molecule has 0 N–H and O–H groups in total. The second-order valence-electron chi connectivity index (χ2n) is 4.16. The van der Waals surface area contributed by atoms with Crippen molar-refractivity contribution in [2.24, 2.45) is 0 Å². The van der Waals surface area contributed by atoms with E-state index in [1.165, 1.54) is 4.80 Å². The number of benzene rings is 1. The maximum atomic E-state index is 10.6. The van der Waals surface area contributed by atoms with E-state index in [4.69, 9.17) is 0 Å². The number of pyridine rings is 1. The first kappa shape index (κ1) is 12.2. The molecule has 0 fully saturated rings. The summed E-state index contributed by atoms with van der Waals surface area (Å²) in [6, 6.07) is 13.0. The van der Waals surface area contributed by atoms with Crippen LogP contribution in [0, 0.1) is 0 Å². The summed E-state index contributed by atoms with van der Waals surface area (Å²) in [5.41, 5.74) is 2.34. The lowest BCUT2D eigenvalue weighted by Crippen LogP contribution is -2.00. The molecular weight excluding hydrogens is 254 g/mol. The number of hydrogen-bond donors (Lipinski definition) is 0. The van der Waals surface area contributed by atoms with E-state index < -0.39 is 0 Å². The molecule has 0 aliphatic rings. The molecule has 0 unspecified atom stereocenters. The summed E-state index contributed by atoms with van der Waals surface area (Å²) in [5.74, 6) is 0.464. The molecule has 6 heteroatoms. The van der Waals surface area contributed by atoms with Gasteiger partial charge in [-0.05, 0) is 35.0 Å². The molecule has 3 aromatic rings. The molecule has 0 atom stereocenters. The Bertz CT molecular complexity index is 723. The third-order valence-corrected chi connectivity index (χ3v) is 2.77. The van der Waals surface area contributed by atoms with E-state index in [1.54, 1.807) is 6.20 Å². The molecule has 0 aliphatic heterocycles. The molecule has 2 aromatic heterocycles. The minimum atomic E-state index is 0.371. The highest BCUT2D eigenvalue weighted by atomic mass is 16.1. The van der Waals surface area contributed by atoms with Crippen LogP contribution in [0.4, 0.5) is 0 Å². The zero-order valence-electron chi connectivity index (χ0n) is 10.5. The Hall–Kier alpha value is -2.89. The van der Waals surface area contributed by atoms with Gasteiger partial charge in [-0.1, -0.05) is 18.2 Å². The highest BCUT2D eigenvalue weighted by molar-refractivity contribution is 5.56. The van der Waals surface area contributed by atoms with E-state index in [0.717, 1.165) is 17.5 Å². The summed E-state index contributed by atoms with van der Waals surface area (Å²) in [5, 5.41) is 12.3. The zero-order valence-corrected chi connectivity index (χ0v) is 10.5. The fourth-order valence-corrected chi connectivity index (χ4v) is 1.83. The molecule has 20 heavy (non-hydrogen) atoms. The van der Waals surface area contributed by atoms with Gasteiger partial charge in [-0.2, -0.15) is 0 Å². The Morgan fingerprint density at radius 2 is 2.10 bits per heavy atom. The largest absolute Gasteiger partial charge is 0.303 e. The highest BCUT2D eigenvalue weighted by Crippen LogP contribution is 2.12. The smallest absolute Gasteiger partial charge is 0.223 e. The fraction of sp³-hybridized carbons (Fsp3) is 0.0714. The van der Waals surface area contributed by atoms with E-state index in [1.807, 2.05) is 42.5 Å². The molecule has 6 nitrogen and oxygen atoms in total. The number of tetrazole rings is 1. The van der Waals surface area contributed by atoms with Crippen molar-refractivity contribution in [3.63, 3.8) is 0 Å². The number of carbonyl (C=O) groups excluding carboxylic acids is 1. The van der Waals surface area contributed by atoms with Crippen LogP contribution in [0.15, 0.2) is 48.7 Å². The molecular formula is C14H11N5O. The van der Waals surface area contributed by atoms with Crippen LogP contribution in [-0.2, 0) is 11.2 Å². The molecule has 0 bridgehead atoms. The van der Waals surface area contributed by atoms with E-state index in [9.17, 15) is 4.79 Å². The molecule has 0 aliphatic carbocycles. The van der Waals surface area contributed by atoms with Gasteiger partial charge in [0.05, 0.1) is 5.69 Å². The molecule has 3 rings (SSSR count). The SMILES string of the molecule is O=CCc1cccc(-n2nnc(-c3ccccn3)n2)c1. The van der Waals surface area contributed by atoms with Crippen LogP contribution in [-0.4, -0.2) is 31.5 Å². The molecule has 2 heterocycles. The van der Waals surface area contributed by atoms with Crippen LogP contribution in [0.2, 0.25) is 0 Å². The van der Waals surface area contributed by atoms with Crippen molar-refractivity contribution in [3.05, 3.63) is 54.2 Å². The predicted octanol–water partition coefficient (Wildman–Crippen LogP) is 1.47. The maximum Gasteiger partial charge on any atom is 0.223 e. The summed E-state index contributed by atoms with van der Waals surface area (Å²) in [6.07, 6.45) is 2.92. The molecule has 1 aromatic carbocycles. The molecule has 0 amide bonds. The number of hydrogen-bond acceptors (Lipinski definition) is 5. The van der Waals surface area contributed by atoms with Gasteiger partial charge in [0, 0.05) is 12.6 Å². The topological polar surface area (TPSA) is 73.6 Å². The van der Waals surface area contributed by atoms with Crippen molar-refractivity contribution >= 4 is 6.29 Å². The summed E-state index contributed by atoms with van der Waals surface area (Å²) in [7, 11) is 0. The number of aldehydes is 1. The van der Waals surface area contributed by atoms with Gasteiger partial charge in [0.2, 0.25) is 5.82 Å². The average molecular weight is 265 g/mol. The van der Waals surface area contributed by atoms with Crippen molar-refractivity contribution in [1.82, 2.24) is 25.2 Å². The van der Waals surface area contributed by atoms with Crippen molar-refractivity contribution < 1.29 is 4.79 Å². The predicted molar refractivity (Wildman–Crippen MR) is 72.2 cm³/mol. The summed E-state index contributed by atoms with van der Waals surface area (Å²) < 4.78 is 0. The van der Waals surface area contributed by atoms with Gasteiger partial charge in [-0.15, -0.1) is 15.0 Å². The van der Waals surface area contributed by atoms with Gasteiger partial charge in [0.1, 0.15) is 12.0 Å². The van der Waals surface area contributed by atoms with Crippen molar-refractivity contribution in [1.29, 1.82) is 0 Å². The first-order valence-electron chi connectivity index (χ1n) is 6.11. The standard InChI is InChI=1S/C14H11N5O/c20-9-7-11-4-3-5-12(10-11)19-17-14(16-18-19)13-6-1-2-8-15-13/h1-6,8-10H,7H2. The quantitative estimate of drug-likeness (QED) is 0.668. The lowest BCUT2D eigenvalue weighted by atomic mass is 10.1. The normalized spacial score (nSPS) is 10.4. The van der Waals surface area contributed by atoms with Crippen LogP contribution in [0.1, 0.15) is 5.56 Å². The number of carbonyl (C=O) groups is 1. The van der Waals surface area contributed by atoms with Crippen LogP contribution >= 0.6 is 0 Å². The second-order valence-corrected chi connectivity index (χ2v) is 4.16. The number of nitrogens with zero attached hydrogens (tertiary/aromatic N) is 5. The minimum Gasteiger partial charge on any atom is -0.303 e. The third kappa shape index (κ3) is 2.44. The fourth-order valence-electron chi connectivity index (χ4n) is 1.83. The molecule has 98 valence electrons. The maximum absolute atomic E-state index is 10.6. The van der Waals surface area contributed by atoms with Crippen molar-refractivity contribution in [2.45, 2.75) is 6.42 Å². The second kappa shape index (κ2) is 5.40. The monoisotopic (exact) mass is 265 g/mol. The Labute approximate surface area is 115 Å². The third-order valence-electron chi connectivity index (χ3n) is 2.77. The lowest BCUT2D eigenvalue weighted by molar-refractivity contribution is -0.107. The number of aromatic nitrogens is 5. The van der Waals surface area contributed by atoms with Crippen LogP contribution in [0.5, 0.6) is 0 Å². The molecule has 0 spiro atoms. The summed E-state index contributed by atoms with van der Waals surface area (Å²) in [6.45, 7) is 0. The number of rotatable bonds is 4. The Morgan fingerprint density at radius 1 is 1.15 bits per heavy atom. The molecule has 0 saturated carbocycles. The van der Waals surface area contributed by atoms with E-state index in [0.29, 0.717) is 17.9 Å². The van der Waals surface area contributed by atoms with Gasteiger partial charge in [0.15, 0.2) is 0 Å². The first-order chi connectivity index (χ1) is 9.86. The average Bonchev–Trinajstić information content (AvgIpc) is 2.99. The van der Waals surface area contributed by atoms with Crippen molar-refractivity contribution in [3.8, 4) is 17.2 Å². The van der Waals surface area contributed by atoms with Crippen LogP contribution < -0.4 is 0 Å². The van der Waals surface area contributed by atoms with Crippen LogP contribution in [0.3, 0.4) is 0 Å². The van der Waals surface area contributed by atoms with E-state index in [-0.39, 0.29) is 0 Å². The highest BCUT2D eigenvalue weighted by Gasteiger charge is 2.08. The van der Waals surface area contributed by atoms with Crippen LogP contribution in [0.25, 0.3) is 17.2 Å². The van der Waals surface area contributed by atoms with Gasteiger partial charge in [-0.25, -0.2) is 0 Å². The van der Waals surface area contributed by atoms with Gasteiger partial charge < -0.3 is 4.79 Å². The molecule has 0 saturated heterocycles. The minimum absolute atomic E-state index is 0.371. The first-order valence-corrected chi connectivity index (χ1v) is 6.11. The summed E-state index contributed by atoms with van der Waals surface area (Å²) >= 11 is 0. The van der Waals surface area contributed by atoms with Gasteiger partial charge in [-0.3, -0.25) is 4.98 Å². The van der Waals surface area contributed by atoms with E-state index >= 15 is 0 Å². The van der Waals surface area contributed by atoms with E-state index in [2.05, 4.69) is 20.4 Å². The Morgan fingerprint density at radius 3 is 2.90 bits per heavy atom. The zero-order chi connectivity index (χ0) is 13.8. The summed E-state index contributed by atoms with van der Waals surface area (Å²) in [4.78, 5) is 16.2.